The van der Waals surface area contributed by atoms with Crippen LogP contribution in [0.25, 0.3) is 17.0 Å². The summed E-state index contributed by atoms with van der Waals surface area (Å²) >= 11 is 0. The zero-order valence-electron chi connectivity index (χ0n) is 29.3. The molecule has 5 aromatic rings. The van der Waals surface area contributed by atoms with Crippen LogP contribution in [-0.2, 0) is 13.6 Å². The number of benzene rings is 3. The molecule has 270 valence electrons. The fourth-order valence-electron chi connectivity index (χ4n) is 6.30. The smallest absolute Gasteiger partial charge is 0.280 e. The fourth-order valence-corrected chi connectivity index (χ4v) is 6.30. The minimum Gasteiger partial charge on any atom is -0.348 e. The van der Waals surface area contributed by atoms with E-state index in [1.165, 1.54) is 27.6 Å². The number of hydrogen-bond donors (Lipinski definition) is 2. The summed E-state index contributed by atoms with van der Waals surface area (Å²) in [6.07, 6.45) is 6.88. The summed E-state index contributed by atoms with van der Waals surface area (Å²) in [5, 5.41) is 6.49. The number of nitrogens with one attached hydrogen (secondary N) is 2. The molecule has 52 heavy (non-hydrogen) atoms. The summed E-state index contributed by atoms with van der Waals surface area (Å²) in [4.78, 5) is 51.9. The molecule has 1 aliphatic heterocycles. The van der Waals surface area contributed by atoms with Gasteiger partial charge in [0.15, 0.2) is 11.6 Å². The van der Waals surface area contributed by atoms with Crippen LogP contribution in [0.4, 0.5) is 24.8 Å². The molecule has 1 aliphatic rings. The molecule has 0 radical (unpaired) electrons. The van der Waals surface area contributed by atoms with E-state index < -0.39 is 28.9 Å². The van der Waals surface area contributed by atoms with Crippen LogP contribution in [0.15, 0.2) is 71.7 Å². The Morgan fingerprint density at radius 3 is 2.48 bits per heavy atom. The van der Waals surface area contributed by atoms with Gasteiger partial charge in [-0.3, -0.25) is 19.1 Å². The number of fused-ring (bicyclic) bond motifs is 1. The average Bonchev–Trinajstić information content (AvgIpc) is 3.34. The first kappa shape index (κ1) is 36.0. The monoisotopic (exact) mass is 712 g/mol. The van der Waals surface area contributed by atoms with Crippen LogP contribution in [0.1, 0.15) is 50.4 Å². The molecule has 11 nitrogen and oxygen atoms in total. The van der Waals surface area contributed by atoms with Gasteiger partial charge in [0.05, 0.1) is 17.6 Å². The Hall–Kier alpha value is -5.76. The normalized spacial score (nSPS) is 13.9. The van der Waals surface area contributed by atoms with Gasteiger partial charge in [-0.25, -0.2) is 27.8 Å². The summed E-state index contributed by atoms with van der Waals surface area (Å²) in [5.41, 5.74) is 2.13. The number of halogens is 3. The number of rotatable bonds is 10. The van der Waals surface area contributed by atoms with Crippen LogP contribution in [0.3, 0.4) is 0 Å². The van der Waals surface area contributed by atoms with E-state index in [9.17, 15) is 23.2 Å². The first-order chi connectivity index (χ1) is 24.9. The molecular weight excluding hydrogens is 673 g/mol. The standard InChI is InChI=1S/C38H39F3N8O3/c1-23-34(37(52)49(48(23)4)22-25-7-11-30(39)32(41)19-25)35(50)42-15-5-6-24-8-12-33-26(18-24)21-43-38(45-33)44-27-9-10-29(31(40)20-27)36(51)47(3)28-13-16-46(2)17-14-28/h5-12,18-21,28H,13-17,22H2,1-4H3,(H,42,50)(H,43,44,45). The minimum absolute atomic E-state index is 0.0161. The maximum absolute atomic E-state index is 15.1. The second kappa shape index (κ2) is 15.2. The van der Waals surface area contributed by atoms with Crippen LogP contribution >= 0.6 is 0 Å². The molecule has 6 rings (SSSR count). The molecule has 0 bridgehead atoms. The van der Waals surface area contributed by atoms with E-state index in [0.717, 1.165) is 49.0 Å². The van der Waals surface area contributed by atoms with Crippen molar-refractivity contribution in [2.45, 2.75) is 32.4 Å². The molecule has 2 N–H and O–H groups in total. The third-order valence-corrected chi connectivity index (χ3v) is 9.51. The number of aromatic nitrogens is 4. The number of piperidine rings is 1. The predicted molar refractivity (Wildman–Crippen MR) is 193 cm³/mol. The van der Waals surface area contributed by atoms with Crippen molar-refractivity contribution < 1.29 is 22.8 Å². The summed E-state index contributed by atoms with van der Waals surface area (Å²) in [5.74, 6) is -3.26. The molecule has 2 aromatic heterocycles. The number of carbonyl (C=O) groups is 2. The SMILES string of the molecule is Cc1c(C(=O)NCC=Cc2ccc3nc(Nc4ccc(C(=O)N(C)C5CCN(C)CC5)c(F)c4)ncc3c2)c(=O)n(Cc2ccc(F)c(F)c2)n1C. The van der Waals surface area contributed by atoms with E-state index in [2.05, 4.69) is 25.5 Å². The zero-order valence-corrected chi connectivity index (χ0v) is 29.3. The highest BCUT2D eigenvalue weighted by atomic mass is 19.2. The van der Waals surface area contributed by atoms with Crippen LogP contribution < -0.4 is 16.2 Å². The van der Waals surface area contributed by atoms with E-state index in [0.29, 0.717) is 22.5 Å². The van der Waals surface area contributed by atoms with Crippen LogP contribution in [0.5, 0.6) is 0 Å². The van der Waals surface area contributed by atoms with Crippen LogP contribution in [0, 0.1) is 24.4 Å². The molecular formula is C38H39F3N8O3. The lowest BCUT2D eigenvalue weighted by molar-refractivity contribution is 0.0655. The van der Waals surface area contributed by atoms with Crippen molar-refractivity contribution in [2.75, 3.05) is 39.0 Å². The van der Waals surface area contributed by atoms with Gasteiger partial charge in [0, 0.05) is 49.6 Å². The first-order valence-electron chi connectivity index (χ1n) is 16.8. The van der Waals surface area contributed by atoms with E-state index in [1.54, 1.807) is 50.3 Å². The number of amides is 2. The Labute approximate surface area is 298 Å². The van der Waals surface area contributed by atoms with Gasteiger partial charge >= 0.3 is 0 Å². The van der Waals surface area contributed by atoms with Crippen molar-refractivity contribution in [3.05, 3.63) is 123 Å². The van der Waals surface area contributed by atoms with Crippen LogP contribution in [-0.4, -0.2) is 80.7 Å². The molecule has 14 heteroatoms. The van der Waals surface area contributed by atoms with Crippen molar-refractivity contribution in [3.63, 3.8) is 0 Å². The number of nitrogens with zero attached hydrogens (tertiary/aromatic N) is 6. The summed E-state index contributed by atoms with van der Waals surface area (Å²) in [6, 6.07) is 13.4. The zero-order chi connectivity index (χ0) is 37.1. The van der Waals surface area contributed by atoms with E-state index in [4.69, 9.17) is 0 Å². The maximum atomic E-state index is 15.1. The quantitative estimate of drug-likeness (QED) is 0.203. The summed E-state index contributed by atoms with van der Waals surface area (Å²) in [7, 11) is 5.39. The van der Waals surface area contributed by atoms with Crippen molar-refractivity contribution in [3.8, 4) is 0 Å². The Balaban J connectivity index is 1.05. The molecule has 0 unspecified atom stereocenters. The molecule has 1 fully saturated rings. The molecule has 2 amide bonds. The van der Waals surface area contributed by atoms with E-state index in [1.807, 2.05) is 25.2 Å². The van der Waals surface area contributed by atoms with E-state index in [-0.39, 0.29) is 42.1 Å². The summed E-state index contributed by atoms with van der Waals surface area (Å²) < 4.78 is 44.9. The van der Waals surface area contributed by atoms with Gasteiger partial charge in [-0.1, -0.05) is 24.3 Å². The third-order valence-electron chi connectivity index (χ3n) is 9.51. The highest BCUT2D eigenvalue weighted by molar-refractivity contribution is 5.95. The third kappa shape index (κ3) is 7.76. The Bertz CT molecular complexity index is 2240. The second-order valence-electron chi connectivity index (χ2n) is 13.0. The van der Waals surface area contributed by atoms with Crippen molar-refractivity contribution in [1.82, 2.24) is 34.4 Å². The second-order valence-corrected chi connectivity index (χ2v) is 13.0. The average molecular weight is 713 g/mol. The molecule has 3 heterocycles. The number of likely N-dealkylation sites (tertiary alicyclic amines) is 1. The van der Waals surface area contributed by atoms with Gasteiger partial charge in [-0.15, -0.1) is 0 Å². The Morgan fingerprint density at radius 2 is 1.75 bits per heavy atom. The van der Waals surface area contributed by atoms with Gasteiger partial charge < -0.3 is 20.4 Å². The number of hydrogen-bond acceptors (Lipinski definition) is 7. The van der Waals surface area contributed by atoms with Crippen molar-refractivity contribution >= 4 is 40.4 Å². The maximum Gasteiger partial charge on any atom is 0.280 e. The van der Waals surface area contributed by atoms with Crippen LogP contribution in [0.2, 0.25) is 0 Å². The topological polar surface area (TPSA) is 117 Å². The van der Waals surface area contributed by atoms with Crippen molar-refractivity contribution in [1.29, 1.82) is 0 Å². The highest BCUT2D eigenvalue weighted by Crippen LogP contribution is 2.23. The lowest BCUT2D eigenvalue weighted by atomic mass is 10.0. The minimum atomic E-state index is -1.01. The Kier molecular flexibility index (Phi) is 10.6. The lowest BCUT2D eigenvalue weighted by Gasteiger charge is -2.35. The molecule has 1 saturated heterocycles. The van der Waals surface area contributed by atoms with Gasteiger partial charge in [-0.2, -0.15) is 0 Å². The molecule has 0 atom stereocenters. The number of anilines is 2. The lowest BCUT2D eigenvalue weighted by Crippen LogP contribution is -2.44. The first-order valence-corrected chi connectivity index (χ1v) is 16.8. The molecule has 3 aromatic carbocycles. The van der Waals surface area contributed by atoms with E-state index >= 15 is 4.39 Å². The predicted octanol–water partition coefficient (Wildman–Crippen LogP) is 5.26. The van der Waals surface area contributed by atoms with Gasteiger partial charge in [0.25, 0.3) is 17.4 Å². The molecule has 0 spiro atoms. The van der Waals surface area contributed by atoms with Crippen molar-refractivity contribution in [2.24, 2.45) is 7.05 Å². The number of carbonyl (C=O) groups excluding carboxylic acids is 2. The fraction of sp³-hybridized carbons (Fsp3) is 0.289. The largest absolute Gasteiger partial charge is 0.348 e. The molecule has 0 aliphatic carbocycles. The molecule has 0 saturated carbocycles. The van der Waals surface area contributed by atoms with Gasteiger partial charge in [-0.05, 0) is 93.5 Å². The van der Waals surface area contributed by atoms with Gasteiger partial charge in [0.2, 0.25) is 5.95 Å². The van der Waals surface area contributed by atoms with Gasteiger partial charge in [0.1, 0.15) is 11.4 Å². The Morgan fingerprint density at radius 1 is 0.981 bits per heavy atom. The summed E-state index contributed by atoms with van der Waals surface area (Å²) in [6.45, 7) is 3.54. The highest BCUT2D eigenvalue weighted by Gasteiger charge is 2.26.